The molecule has 0 aliphatic rings. The van der Waals surface area contributed by atoms with E-state index in [1.807, 2.05) is 6.07 Å². The highest BCUT2D eigenvalue weighted by Crippen LogP contribution is 2.23. The zero-order valence-electron chi connectivity index (χ0n) is 13.2. The number of aromatic nitrogens is 2. The number of rotatable bonds is 6. The Balaban J connectivity index is 1.91. The fourth-order valence-electron chi connectivity index (χ4n) is 2.52. The van der Waals surface area contributed by atoms with Crippen molar-refractivity contribution >= 4 is 22.8 Å². The number of pyridine rings is 1. The minimum absolute atomic E-state index is 0.330. The molecule has 2 heterocycles. The maximum atomic E-state index is 12.9. The van der Waals surface area contributed by atoms with Gasteiger partial charge in [0.15, 0.2) is 0 Å². The minimum Gasteiger partial charge on any atom is -0.477 e. The van der Waals surface area contributed by atoms with Gasteiger partial charge in [-0.2, -0.15) is 0 Å². The second-order valence-electron chi connectivity index (χ2n) is 5.53. The van der Waals surface area contributed by atoms with Gasteiger partial charge in [0.05, 0.1) is 12.2 Å². The Labute approximate surface area is 142 Å². The molecule has 0 saturated heterocycles. The number of carboxylic acid groups (broad SMARTS) is 1. The van der Waals surface area contributed by atoms with Gasteiger partial charge in [0.1, 0.15) is 23.9 Å². The lowest BCUT2D eigenvalue weighted by atomic mass is 10.2. The van der Waals surface area contributed by atoms with E-state index in [1.54, 1.807) is 41.0 Å². The quantitative estimate of drug-likeness (QED) is 0.588. The van der Waals surface area contributed by atoms with Crippen molar-refractivity contribution in [1.29, 1.82) is 0 Å². The monoisotopic (exact) mass is 344 g/mol. The van der Waals surface area contributed by atoms with Crippen LogP contribution in [0, 0.1) is 0 Å². The summed E-state index contributed by atoms with van der Waals surface area (Å²) < 4.78 is 19.8. The predicted octanol–water partition coefficient (Wildman–Crippen LogP) is 1.88. The Kier molecular flexibility index (Phi) is 4.53. The molecule has 0 bridgehead atoms. The Hall–Kier alpha value is -3.13. The molecule has 2 aromatic heterocycles. The molecular formula is C17H17FN4O3. The van der Waals surface area contributed by atoms with Gasteiger partial charge in [-0.1, -0.05) is 12.1 Å². The molecule has 3 rings (SSSR count). The van der Waals surface area contributed by atoms with Crippen LogP contribution in [0.15, 0.2) is 42.5 Å². The van der Waals surface area contributed by atoms with E-state index < -0.39 is 18.9 Å². The zero-order chi connectivity index (χ0) is 18.0. The van der Waals surface area contributed by atoms with Crippen molar-refractivity contribution in [2.45, 2.75) is 19.4 Å². The van der Waals surface area contributed by atoms with Crippen molar-refractivity contribution in [3.05, 3.63) is 53.7 Å². The second kappa shape index (κ2) is 6.78. The highest BCUT2D eigenvalue weighted by atomic mass is 19.1. The largest absolute Gasteiger partial charge is 0.477 e. The van der Waals surface area contributed by atoms with Crippen LogP contribution >= 0.6 is 0 Å². The summed E-state index contributed by atoms with van der Waals surface area (Å²) in [7, 11) is 0. The van der Waals surface area contributed by atoms with Gasteiger partial charge in [0, 0.05) is 5.39 Å². The number of ether oxygens (including phenoxy) is 1. The maximum Gasteiger partial charge on any atom is 0.360 e. The van der Waals surface area contributed by atoms with E-state index in [0.29, 0.717) is 29.5 Å². The summed E-state index contributed by atoms with van der Waals surface area (Å²) in [6.45, 7) is -0.283. The smallest absolute Gasteiger partial charge is 0.360 e. The SMILES string of the molecule is Nc1cc2ccc(CF)nc2n1Cc1cccc(O[C@@H](N)C(=O)O)c1. The van der Waals surface area contributed by atoms with Gasteiger partial charge >= 0.3 is 5.97 Å². The average Bonchev–Trinajstić information content (AvgIpc) is 2.90. The van der Waals surface area contributed by atoms with E-state index in [4.69, 9.17) is 21.3 Å². The molecule has 130 valence electrons. The Morgan fingerprint density at radius 1 is 1.32 bits per heavy atom. The van der Waals surface area contributed by atoms with Crippen LogP contribution in [-0.2, 0) is 18.0 Å². The highest BCUT2D eigenvalue weighted by Gasteiger charge is 2.14. The summed E-state index contributed by atoms with van der Waals surface area (Å²) in [4.78, 5) is 15.1. The summed E-state index contributed by atoms with van der Waals surface area (Å²) in [5.74, 6) is -0.430. The van der Waals surface area contributed by atoms with Crippen molar-refractivity contribution in [3.63, 3.8) is 0 Å². The van der Waals surface area contributed by atoms with Gasteiger partial charge in [0.25, 0.3) is 0 Å². The van der Waals surface area contributed by atoms with E-state index in [9.17, 15) is 9.18 Å². The number of hydrogen-bond acceptors (Lipinski definition) is 5. The molecule has 0 unspecified atom stereocenters. The molecule has 0 saturated carbocycles. The molecule has 0 spiro atoms. The molecule has 0 radical (unpaired) electrons. The first-order valence-corrected chi connectivity index (χ1v) is 7.52. The zero-order valence-corrected chi connectivity index (χ0v) is 13.2. The number of benzene rings is 1. The first-order valence-electron chi connectivity index (χ1n) is 7.52. The number of nitrogens with zero attached hydrogens (tertiary/aromatic N) is 2. The summed E-state index contributed by atoms with van der Waals surface area (Å²) >= 11 is 0. The third-order valence-corrected chi connectivity index (χ3v) is 3.72. The van der Waals surface area contributed by atoms with Crippen LogP contribution in [-0.4, -0.2) is 26.9 Å². The molecule has 3 aromatic rings. The number of carbonyl (C=O) groups is 1. The number of aliphatic carboxylic acids is 1. The van der Waals surface area contributed by atoms with Crippen molar-refractivity contribution in [2.24, 2.45) is 5.73 Å². The topological polar surface area (TPSA) is 116 Å². The summed E-state index contributed by atoms with van der Waals surface area (Å²) in [5.41, 5.74) is 13.2. The lowest BCUT2D eigenvalue weighted by Crippen LogP contribution is -2.35. The van der Waals surface area contributed by atoms with Gasteiger partial charge in [-0.25, -0.2) is 14.2 Å². The van der Waals surface area contributed by atoms with E-state index in [0.717, 1.165) is 10.9 Å². The van der Waals surface area contributed by atoms with Crippen molar-refractivity contribution < 1.29 is 19.0 Å². The van der Waals surface area contributed by atoms with Crippen LogP contribution in [0.5, 0.6) is 5.75 Å². The lowest BCUT2D eigenvalue weighted by molar-refractivity contribution is -0.144. The summed E-state index contributed by atoms with van der Waals surface area (Å²) in [5, 5.41) is 9.63. The molecule has 0 aliphatic heterocycles. The number of nitrogens with two attached hydrogens (primary N) is 2. The van der Waals surface area contributed by atoms with Crippen LogP contribution in [0.3, 0.4) is 0 Å². The Bertz CT molecular complexity index is 925. The van der Waals surface area contributed by atoms with Crippen molar-refractivity contribution in [3.8, 4) is 5.75 Å². The van der Waals surface area contributed by atoms with Crippen LogP contribution in [0.4, 0.5) is 10.2 Å². The van der Waals surface area contributed by atoms with Crippen LogP contribution in [0.25, 0.3) is 11.0 Å². The second-order valence-corrected chi connectivity index (χ2v) is 5.53. The van der Waals surface area contributed by atoms with Crippen molar-refractivity contribution in [1.82, 2.24) is 9.55 Å². The molecule has 1 aromatic carbocycles. The number of carboxylic acids is 1. The molecule has 7 nitrogen and oxygen atoms in total. The van der Waals surface area contributed by atoms with Gasteiger partial charge in [-0.05, 0) is 35.9 Å². The number of nitrogen functional groups attached to an aromatic ring is 1. The fourth-order valence-corrected chi connectivity index (χ4v) is 2.52. The van der Waals surface area contributed by atoms with Crippen molar-refractivity contribution in [2.75, 3.05) is 5.73 Å². The Morgan fingerprint density at radius 3 is 2.84 bits per heavy atom. The minimum atomic E-state index is -1.44. The molecule has 5 N–H and O–H groups in total. The highest BCUT2D eigenvalue weighted by molar-refractivity contribution is 5.81. The van der Waals surface area contributed by atoms with E-state index in [-0.39, 0.29) is 0 Å². The normalized spacial score (nSPS) is 12.2. The summed E-state index contributed by atoms with van der Waals surface area (Å²) in [6.07, 6.45) is -1.44. The van der Waals surface area contributed by atoms with Crippen LogP contribution in [0.2, 0.25) is 0 Å². The molecule has 0 amide bonds. The first kappa shape index (κ1) is 16.7. The number of anilines is 1. The number of alkyl halides is 1. The first-order chi connectivity index (χ1) is 12.0. The maximum absolute atomic E-state index is 12.9. The number of halogens is 1. The molecule has 1 atom stereocenters. The average molecular weight is 344 g/mol. The number of fused-ring (bicyclic) bond motifs is 1. The van der Waals surface area contributed by atoms with Gasteiger partial charge in [-0.15, -0.1) is 0 Å². The third kappa shape index (κ3) is 3.53. The van der Waals surface area contributed by atoms with E-state index in [2.05, 4.69) is 4.98 Å². The van der Waals surface area contributed by atoms with E-state index >= 15 is 0 Å². The molecule has 0 aliphatic carbocycles. The molecule has 8 heteroatoms. The third-order valence-electron chi connectivity index (χ3n) is 3.72. The lowest BCUT2D eigenvalue weighted by Gasteiger charge is -2.12. The summed E-state index contributed by atoms with van der Waals surface area (Å²) in [6, 6.07) is 12.0. The van der Waals surface area contributed by atoms with Crippen LogP contribution in [0.1, 0.15) is 11.3 Å². The van der Waals surface area contributed by atoms with Gasteiger partial charge in [0.2, 0.25) is 6.23 Å². The van der Waals surface area contributed by atoms with Gasteiger partial charge in [-0.3, -0.25) is 5.73 Å². The molecule has 25 heavy (non-hydrogen) atoms. The molecule has 0 fully saturated rings. The Morgan fingerprint density at radius 2 is 2.12 bits per heavy atom. The molecular weight excluding hydrogens is 327 g/mol. The van der Waals surface area contributed by atoms with Crippen LogP contribution < -0.4 is 16.2 Å². The fraction of sp³-hybridized carbons (Fsp3) is 0.176. The van der Waals surface area contributed by atoms with E-state index in [1.165, 1.54) is 0 Å². The van der Waals surface area contributed by atoms with Gasteiger partial charge < -0.3 is 20.1 Å². The standard InChI is InChI=1S/C17H17FN4O3/c18-8-12-5-4-11-7-14(19)22(16(11)21-12)9-10-2-1-3-13(6-10)25-15(20)17(23)24/h1-7,15H,8-9,19-20H2,(H,23,24)/t15-/m1/s1. The number of hydrogen-bond donors (Lipinski definition) is 3. The predicted molar refractivity (Wildman–Crippen MR) is 90.7 cm³/mol.